The maximum Gasteiger partial charge on any atom is 0.349 e. The Kier molecular flexibility index (Phi) is 5.20. The number of hydrogen-bond donors (Lipinski definition) is 0. The van der Waals surface area contributed by atoms with Gasteiger partial charge in [-0.05, 0) is 50.1 Å². The fourth-order valence-corrected chi connectivity index (χ4v) is 4.25. The SMILES string of the molecule is Cc1ccc(Cn2nc(C)c3cc(C(=O)O[C@H](C)c4ccc(F)cc4)sc32)cc1. The molecule has 2 heterocycles. The predicted octanol–water partition coefficient (Wildman–Crippen LogP) is 5.82. The Morgan fingerprint density at radius 2 is 1.83 bits per heavy atom. The van der Waals surface area contributed by atoms with Crippen LogP contribution in [0, 0.1) is 19.7 Å². The predicted molar refractivity (Wildman–Crippen MR) is 113 cm³/mol. The molecular weight excluding hydrogens is 387 g/mol. The Hall–Kier alpha value is -2.99. The quantitative estimate of drug-likeness (QED) is 0.391. The van der Waals surface area contributed by atoms with Crippen LogP contribution in [-0.4, -0.2) is 15.7 Å². The molecule has 0 aliphatic heterocycles. The van der Waals surface area contributed by atoms with Gasteiger partial charge in [0.05, 0.1) is 12.2 Å². The Balaban J connectivity index is 1.56. The number of benzene rings is 2. The van der Waals surface area contributed by atoms with E-state index in [1.54, 1.807) is 19.1 Å². The third-order valence-corrected chi connectivity index (χ3v) is 6.01. The molecule has 0 radical (unpaired) electrons. The number of aromatic nitrogens is 2. The van der Waals surface area contributed by atoms with Crippen molar-refractivity contribution in [3.63, 3.8) is 0 Å². The van der Waals surface area contributed by atoms with Gasteiger partial charge in [-0.25, -0.2) is 9.18 Å². The van der Waals surface area contributed by atoms with E-state index in [4.69, 9.17) is 4.74 Å². The van der Waals surface area contributed by atoms with Crippen molar-refractivity contribution in [2.75, 3.05) is 0 Å². The van der Waals surface area contributed by atoms with E-state index in [-0.39, 0.29) is 11.8 Å². The lowest BCUT2D eigenvalue weighted by Gasteiger charge is -2.12. The van der Waals surface area contributed by atoms with Crippen LogP contribution < -0.4 is 0 Å². The van der Waals surface area contributed by atoms with Crippen molar-refractivity contribution in [3.05, 3.63) is 87.7 Å². The Morgan fingerprint density at radius 3 is 2.52 bits per heavy atom. The van der Waals surface area contributed by atoms with Crippen molar-refractivity contribution in [3.8, 4) is 0 Å². The fourth-order valence-electron chi connectivity index (χ4n) is 3.21. The lowest BCUT2D eigenvalue weighted by atomic mass is 10.1. The fraction of sp³-hybridized carbons (Fsp3) is 0.217. The average Bonchev–Trinajstić information content (AvgIpc) is 3.26. The number of nitrogens with zero attached hydrogens (tertiary/aromatic N) is 2. The van der Waals surface area contributed by atoms with Crippen LogP contribution in [0.2, 0.25) is 0 Å². The zero-order chi connectivity index (χ0) is 20.5. The van der Waals surface area contributed by atoms with Gasteiger partial charge in [0.2, 0.25) is 0 Å². The van der Waals surface area contributed by atoms with Crippen LogP contribution >= 0.6 is 11.3 Å². The molecule has 4 rings (SSSR count). The van der Waals surface area contributed by atoms with Gasteiger partial charge in [-0.2, -0.15) is 5.10 Å². The van der Waals surface area contributed by atoms with Gasteiger partial charge in [-0.3, -0.25) is 4.68 Å². The van der Waals surface area contributed by atoms with Crippen LogP contribution in [0.3, 0.4) is 0 Å². The van der Waals surface area contributed by atoms with Crippen molar-refractivity contribution in [2.45, 2.75) is 33.4 Å². The van der Waals surface area contributed by atoms with Crippen LogP contribution in [0.5, 0.6) is 0 Å². The van der Waals surface area contributed by atoms with Crippen molar-refractivity contribution in [1.29, 1.82) is 0 Å². The Bertz CT molecular complexity index is 1160. The minimum atomic E-state index is -0.460. The number of ether oxygens (including phenoxy) is 1. The zero-order valence-corrected chi connectivity index (χ0v) is 17.3. The average molecular weight is 408 g/mol. The second kappa shape index (κ2) is 7.79. The molecule has 0 aliphatic carbocycles. The molecule has 0 amide bonds. The molecule has 0 fully saturated rings. The molecule has 2 aromatic carbocycles. The Morgan fingerprint density at radius 1 is 1.14 bits per heavy atom. The summed E-state index contributed by atoms with van der Waals surface area (Å²) in [5.41, 5.74) is 4.01. The van der Waals surface area contributed by atoms with Crippen LogP contribution in [0.1, 0.15) is 45.1 Å². The van der Waals surface area contributed by atoms with E-state index in [0.29, 0.717) is 11.4 Å². The standard InChI is InChI=1S/C23H21FN2O2S/c1-14-4-6-17(7-5-14)13-26-22-20(15(2)25-26)12-21(29-22)23(27)28-16(3)18-8-10-19(24)11-9-18/h4-12,16H,13H2,1-3H3/t16-/m1/s1. The van der Waals surface area contributed by atoms with Crippen molar-refractivity contribution in [1.82, 2.24) is 9.78 Å². The normalized spacial score (nSPS) is 12.3. The molecule has 0 aliphatic rings. The summed E-state index contributed by atoms with van der Waals surface area (Å²) in [5.74, 6) is -0.699. The number of aryl methyl sites for hydroxylation is 2. The number of fused-ring (bicyclic) bond motifs is 1. The first kappa shape index (κ1) is 19.3. The third kappa shape index (κ3) is 4.07. The molecule has 0 unspecified atom stereocenters. The van der Waals surface area contributed by atoms with Gasteiger partial charge in [-0.15, -0.1) is 11.3 Å². The lowest BCUT2D eigenvalue weighted by molar-refractivity contribution is 0.0344. The van der Waals surface area contributed by atoms with E-state index < -0.39 is 6.10 Å². The minimum Gasteiger partial charge on any atom is -0.454 e. The highest BCUT2D eigenvalue weighted by Crippen LogP contribution is 2.30. The highest BCUT2D eigenvalue weighted by Gasteiger charge is 2.20. The Labute approximate surface area is 172 Å². The number of rotatable bonds is 5. The molecule has 0 saturated heterocycles. The van der Waals surface area contributed by atoms with E-state index in [9.17, 15) is 9.18 Å². The second-order valence-electron chi connectivity index (χ2n) is 7.16. The number of thiophene rings is 1. The van der Waals surface area contributed by atoms with Gasteiger partial charge in [0.25, 0.3) is 0 Å². The van der Waals surface area contributed by atoms with Gasteiger partial charge in [-0.1, -0.05) is 42.0 Å². The maximum atomic E-state index is 13.1. The second-order valence-corrected chi connectivity index (χ2v) is 8.19. The van der Waals surface area contributed by atoms with Crippen LogP contribution in [0.25, 0.3) is 10.2 Å². The molecule has 2 aromatic heterocycles. The highest BCUT2D eigenvalue weighted by atomic mass is 32.1. The van der Waals surface area contributed by atoms with Crippen LogP contribution in [0.4, 0.5) is 4.39 Å². The van der Waals surface area contributed by atoms with E-state index in [0.717, 1.165) is 27.0 Å². The summed E-state index contributed by atoms with van der Waals surface area (Å²) in [6, 6.07) is 16.2. The minimum absolute atomic E-state index is 0.314. The van der Waals surface area contributed by atoms with E-state index in [2.05, 4.69) is 36.3 Å². The summed E-state index contributed by atoms with van der Waals surface area (Å²) >= 11 is 1.38. The first-order chi connectivity index (χ1) is 13.9. The first-order valence-corrected chi connectivity index (χ1v) is 10.2. The molecule has 0 spiro atoms. The largest absolute Gasteiger partial charge is 0.454 e. The van der Waals surface area contributed by atoms with Crippen molar-refractivity contribution >= 4 is 27.5 Å². The van der Waals surface area contributed by atoms with Crippen molar-refractivity contribution in [2.24, 2.45) is 0 Å². The topological polar surface area (TPSA) is 44.1 Å². The first-order valence-electron chi connectivity index (χ1n) is 9.39. The van der Waals surface area contributed by atoms with E-state index in [1.165, 1.54) is 29.0 Å². The number of carbonyl (C=O) groups excluding carboxylic acids is 1. The third-order valence-electron chi connectivity index (χ3n) is 4.88. The molecule has 6 heteroatoms. The summed E-state index contributed by atoms with van der Waals surface area (Å²) in [6.45, 7) is 6.43. The number of halogens is 1. The van der Waals surface area contributed by atoms with Gasteiger partial charge in [0, 0.05) is 5.39 Å². The number of carbonyl (C=O) groups is 1. The summed E-state index contributed by atoms with van der Waals surface area (Å²) in [4.78, 5) is 14.1. The van der Waals surface area contributed by atoms with Crippen LogP contribution in [0.15, 0.2) is 54.6 Å². The monoisotopic (exact) mass is 408 g/mol. The smallest absolute Gasteiger partial charge is 0.349 e. The molecule has 29 heavy (non-hydrogen) atoms. The number of hydrogen-bond acceptors (Lipinski definition) is 4. The van der Waals surface area contributed by atoms with Crippen LogP contribution in [-0.2, 0) is 11.3 Å². The molecule has 1 atom stereocenters. The van der Waals surface area contributed by atoms with Gasteiger partial charge < -0.3 is 4.74 Å². The molecular formula is C23H21FN2O2S. The molecule has 0 N–H and O–H groups in total. The maximum absolute atomic E-state index is 13.1. The van der Waals surface area contributed by atoms with E-state index >= 15 is 0 Å². The van der Waals surface area contributed by atoms with Gasteiger partial charge >= 0.3 is 5.97 Å². The zero-order valence-electron chi connectivity index (χ0n) is 16.5. The summed E-state index contributed by atoms with van der Waals surface area (Å²) < 4.78 is 20.6. The highest BCUT2D eigenvalue weighted by molar-refractivity contribution is 7.20. The summed E-state index contributed by atoms with van der Waals surface area (Å²) in [7, 11) is 0. The summed E-state index contributed by atoms with van der Waals surface area (Å²) in [6.07, 6.45) is -0.460. The summed E-state index contributed by atoms with van der Waals surface area (Å²) in [5, 5.41) is 5.59. The van der Waals surface area contributed by atoms with E-state index in [1.807, 2.05) is 17.7 Å². The van der Waals surface area contributed by atoms with Gasteiger partial charge in [0.1, 0.15) is 21.6 Å². The molecule has 4 nitrogen and oxygen atoms in total. The molecule has 0 bridgehead atoms. The molecule has 4 aromatic rings. The molecule has 148 valence electrons. The van der Waals surface area contributed by atoms with Crippen molar-refractivity contribution < 1.29 is 13.9 Å². The van der Waals surface area contributed by atoms with Gasteiger partial charge in [0.15, 0.2) is 0 Å². The number of esters is 1. The lowest BCUT2D eigenvalue weighted by Crippen LogP contribution is -2.08. The molecule has 0 saturated carbocycles.